The number of aliphatic hydroxyl groups is 1. The first-order valence-electron chi connectivity index (χ1n) is 6.29. The molecule has 2 nitrogen and oxygen atoms in total. The smallest absolute Gasteiger partial charge is 0.119 e. The standard InChI is InChI=1S/C16H21NO/c1-16(2,3)13-9-7-12(8-10-13)15(18)14-6-5-11-17(14)4/h5-11,15,18H,1-4H3/t15-/m1/s1. The van der Waals surface area contributed by atoms with Crippen LogP contribution < -0.4 is 0 Å². The molecule has 0 aliphatic heterocycles. The van der Waals surface area contributed by atoms with Crippen molar-refractivity contribution in [1.82, 2.24) is 4.57 Å². The first kappa shape index (κ1) is 12.9. The molecule has 0 radical (unpaired) electrons. The van der Waals surface area contributed by atoms with E-state index in [0.29, 0.717) is 0 Å². The van der Waals surface area contributed by atoms with E-state index in [1.54, 1.807) is 0 Å². The molecule has 0 saturated carbocycles. The highest BCUT2D eigenvalue weighted by Crippen LogP contribution is 2.26. The minimum absolute atomic E-state index is 0.147. The summed E-state index contributed by atoms with van der Waals surface area (Å²) in [6.45, 7) is 6.57. The van der Waals surface area contributed by atoms with Crippen molar-refractivity contribution >= 4 is 0 Å². The molecule has 1 aromatic carbocycles. The Balaban J connectivity index is 2.28. The van der Waals surface area contributed by atoms with Gasteiger partial charge in [-0.2, -0.15) is 0 Å². The summed E-state index contributed by atoms with van der Waals surface area (Å²) in [5.41, 5.74) is 3.28. The van der Waals surface area contributed by atoms with Crippen molar-refractivity contribution in [1.29, 1.82) is 0 Å². The highest BCUT2D eigenvalue weighted by Gasteiger charge is 2.16. The van der Waals surface area contributed by atoms with E-state index < -0.39 is 6.10 Å². The third kappa shape index (κ3) is 2.49. The lowest BCUT2D eigenvalue weighted by Gasteiger charge is -2.20. The third-order valence-corrected chi connectivity index (χ3v) is 3.36. The second-order valence-electron chi connectivity index (χ2n) is 5.82. The molecule has 2 rings (SSSR count). The van der Waals surface area contributed by atoms with E-state index in [-0.39, 0.29) is 5.41 Å². The number of benzene rings is 1. The van der Waals surface area contributed by atoms with Gasteiger partial charge in [-0.3, -0.25) is 0 Å². The number of hydrogen-bond donors (Lipinski definition) is 1. The fraction of sp³-hybridized carbons (Fsp3) is 0.375. The van der Waals surface area contributed by atoms with Crippen LogP contribution in [0.4, 0.5) is 0 Å². The van der Waals surface area contributed by atoms with Gasteiger partial charge in [0, 0.05) is 13.2 Å². The molecular weight excluding hydrogens is 222 g/mol. The lowest BCUT2D eigenvalue weighted by molar-refractivity contribution is 0.211. The van der Waals surface area contributed by atoms with Gasteiger partial charge in [-0.15, -0.1) is 0 Å². The molecule has 0 amide bonds. The molecule has 0 saturated heterocycles. The number of aryl methyl sites for hydroxylation is 1. The quantitative estimate of drug-likeness (QED) is 0.859. The van der Waals surface area contributed by atoms with E-state index in [9.17, 15) is 5.11 Å². The molecule has 1 N–H and O–H groups in total. The normalized spacial score (nSPS) is 13.6. The van der Waals surface area contributed by atoms with Crippen LogP contribution in [0.1, 0.15) is 43.7 Å². The predicted octanol–water partition coefficient (Wildman–Crippen LogP) is 3.40. The Bertz CT molecular complexity index is 517. The van der Waals surface area contributed by atoms with Gasteiger partial charge in [0.05, 0.1) is 5.69 Å². The van der Waals surface area contributed by atoms with Crippen molar-refractivity contribution in [3.63, 3.8) is 0 Å². The van der Waals surface area contributed by atoms with Gasteiger partial charge in [-0.25, -0.2) is 0 Å². The molecule has 2 heteroatoms. The van der Waals surface area contributed by atoms with Gasteiger partial charge in [-0.1, -0.05) is 45.0 Å². The first-order chi connectivity index (χ1) is 8.39. The van der Waals surface area contributed by atoms with E-state index in [4.69, 9.17) is 0 Å². The Morgan fingerprint density at radius 1 is 1.06 bits per heavy atom. The largest absolute Gasteiger partial charge is 0.382 e. The number of aliphatic hydroxyl groups excluding tert-OH is 1. The van der Waals surface area contributed by atoms with Crippen molar-refractivity contribution < 1.29 is 5.11 Å². The van der Waals surface area contributed by atoms with E-state index in [1.807, 2.05) is 42.1 Å². The molecule has 1 atom stereocenters. The molecule has 0 spiro atoms. The van der Waals surface area contributed by atoms with Crippen LogP contribution in [-0.4, -0.2) is 9.67 Å². The second-order valence-corrected chi connectivity index (χ2v) is 5.82. The Hall–Kier alpha value is -1.54. The van der Waals surface area contributed by atoms with E-state index in [1.165, 1.54) is 5.56 Å². The maximum Gasteiger partial charge on any atom is 0.119 e. The van der Waals surface area contributed by atoms with Gasteiger partial charge in [0.1, 0.15) is 6.10 Å². The van der Waals surface area contributed by atoms with Crippen LogP contribution >= 0.6 is 0 Å². The Morgan fingerprint density at radius 3 is 2.11 bits per heavy atom. The number of rotatable bonds is 2. The molecular formula is C16H21NO. The summed E-state index contributed by atoms with van der Waals surface area (Å²) >= 11 is 0. The van der Waals surface area contributed by atoms with Crippen molar-refractivity contribution in [2.24, 2.45) is 7.05 Å². The van der Waals surface area contributed by atoms with Gasteiger partial charge < -0.3 is 9.67 Å². The maximum absolute atomic E-state index is 10.3. The molecule has 18 heavy (non-hydrogen) atoms. The maximum atomic E-state index is 10.3. The Kier molecular flexibility index (Phi) is 3.31. The summed E-state index contributed by atoms with van der Waals surface area (Å²) in [4.78, 5) is 0. The van der Waals surface area contributed by atoms with Gasteiger partial charge in [0.25, 0.3) is 0 Å². The summed E-state index contributed by atoms with van der Waals surface area (Å²) in [6, 6.07) is 12.1. The van der Waals surface area contributed by atoms with Crippen molar-refractivity contribution in [2.75, 3.05) is 0 Å². The molecule has 0 aliphatic rings. The fourth-order valence-electron chi connectivity index (χ4n) is 2.09. The summed E-state index contributed by atoms with van der Waals surface area (Å²) < 4.78 is 1.95. The zero-order valence-electron chi connectivity index (χ0n) is 11.5. The number of nitrogens with zero attached hydrogens (tertiary/aromatic N) is 1. The predicted molar refractivity (Wildman–Crippen MR) is 74.6 cm³/mol. The monoisotopic (exact) mass is 243 g/mol. The van der Waals surface area contributed by atoms with Crippen LogP contribution in [-0.2, 0) is 12.5 Å². The number of aromatic nitrogens is 1. The van der Waals surface area contributed by atoms with Gasteiger partial charge in [-0.05, 0) is 28.7 Å². The van der Waals surface area contributed by atoms with Crippen molar-refractivity contribution in [3.05, 3.63) is 59.4 Å². The molecule has 0 bridgehead atoms. The first-order valence-corrected chi connectivity index (χ1v) is 6.29. The van der Waals surface area contributed by atoms with Crippen LogP contribution in [0, 0.1) is 0 Å². The zero-order valence-corrected chi connectivity index (χ0v) is 11.5. The SMILES string of the molecule is Cn1cccc1[C@H](O)c1ccc(C(C)(C)C)cc1. The van der Waals surface area contributed by atoms with Gasteiger partial charge >= 0.3 is 0 Å². The average Bonchev–Trinajstić information content (AvgIpc) is 2.73. The van der Waals surface area contributed by atoms with Crippen LogP contribution in [0.25, 0.3) is 0 Å². The topological polar surface area (TPSA) is 25.2 Å². The minimum atomic E-state index is -0.556. The van der Waals surface area contributed by atoms with Crippen LogP contribution in [0.5, 0.6) is 0 Å². The van der Waals surface area contributed by atoms with E-state index >= 15 is 0 Å². The van der Waals surface area contributed by atoms with E-state index in [2.05, 4.69) is 32.9 Å². The molecule has 96 valence electrons. The summed E-state index contributed by atoms with van der Waals surface area (Å²) in [5, 5.41) is 10.3. The average molecular weight is 243 g/mol. The van der Waals surface area contributed by atoms with Crippen LogP contribution in [0.15, 0.2) is 42.6 Å². The minimum Gasteiger partial charge on any atom is -0.382 e. The van der Waals surface area contributed by atoms with Gasteiger partial charge in [0.2, 0.25) is 0 Å². The second kappa shape index (κ2) is 4.62. The Morgan fingerprint density at radius 2 is 1.67 bits per heavy atom. The third-order valence-electron chi connectivity index (χ3n) is 3.36. The summed E-state index contributed by atoms with van der Waals surface area (Å²) in [7, 11) is 1.95. The Labute approximate surface area is 109 Å². The lowest BCUT2D eigenvalue weighted by Crippen LogP contribution is -2.11. The summed E-state index contributed by atoms with van der Waals surface area (Å²) in [5.74, 6) is 0. The highest BCUT2D eigenvalue weighted by atomic mass is 16.3. The van der Waals surface area contributed by atoms with Crippen LogP contribution in [0.3, 0.4) is 0 Å². The summed E-state index contributed by atoms with van der Waals surface area (Å²) in [6.07, 6.45) is 1.39. The van der Waals surface area contributed by atoms with Crippen molar-refractivity contribution in [2.45, 2.75) is 32.3 Å². The lowest BCUT2D eigenvalue weighted by atomic mass is 9.86. The fourth-order valence-corrected chi connectivity index (χ4v) is 2.09. The zero-order chi connectivity index (χ0) is 13.3. The molecule has 0 aliphatic carbocycles. The van der Waals surface area contributed by atoms with Crippen molar-refractivity contribution in [3.8, 4) is 0 Å². The molecule has 0 unspecified atom stereocenters. The molecule has 2 aromatic rings. The van der Waals surface area contributed by atoms with E-state index in [0.717, 1.165) is 11.3 Å². The van der Waals surface area contributed by atoms with Gasteiger partial charge in [0.15, 0.2) is 0 Å². The van der Waals surface area contributed by atoms with Crippen LogP contribution in [0.2, 0.25) is 0 Å². The number of hydrogen-bond acceptors (Lipinski definition) is 1. The highest BCUT2D eigenvalue weighted by molar-refractivity contribution is 5.32. The molecule has 0 fully saturated rings. The molecule has 1 heterocycles. The molecule has 1 aromatic heterocycles.